The molecule has 0 fully saturated rings. The standard InChI is InChI=1S/C9H12N2O/c1-2-11-6-4-8-3-5-10-7-9(8)12-11/h3,5,7H,2,4,6H2,1H3. The molecule has 1 aliphatic heterocycles. The molecule has 0 saturated carbocycles. The second-order valence-corrected chi connectivity index (χ2v) is 2.85. The van der Waals surface area contributed by atoms with E-state index < -0.39 is 0 Å². The van der Waals surface area contributed by atoms with Gasteiger partial charge >= 0.3 is 0 Å². The summed E-state index contributed by atoms with van der Waals surface area (Å²) < 4.78 is 0. The molecule has 2 heterocycles. The van der Waals surface area contributed by atoms with Gasteiger partial charge in [-0.2, -0.15) is 0 Å². The van der Waals surface area contributed by atoms with Crippen LogP contribution in [-0.2, 0) is 6.42 Å². The maximum absolute atomic E-state index is 5.55. The first-order chi connectivity index (χ1) is 5.90. The Bertz CT molecular complexity index is 275. The fourth-order valence-corrected chi connectivity index (χ4v) is 1.35. The predicted octanol–water partition coefficient (Wildman–Crippen LogP) is 1.25. The highest BCUT2D eigenvalue weighted by molar-refractivity contribution is 5.30. The van der Waals surface area contributed by atoms with E-state index >= 15 is 0 Å². The SMILES string of the molecule is CCN1CCc2ccncc2O1. The van der Waals surface area contributed by atoms with Crippen LogP contribution in [0.4, 0.5) is 0 Å². The second-order valence-electron chi connectivity index (χ2n) is 2.85. The maximum Gasteiger partial charge on any atom is 0.168 e. The normalized spacial score (nSPS) is 16.8. The summed E-state index contributed by atoms with van der Waals surface area (Å²) in [6.45, 7) is 3.99. The predicted molar refractivity (Wildman–Crippen MR) is 45.8 cm³/mol. The van der Waals surface area contributed by atoms with Crippen LogP contribution in [-0.4, -0.2) is 23.1 Å². The summed E-state index contributed by atoms with van der Waals surface area (Å²) in [5, 5.41) is 1.95. The van der Waals surface area contributed by atoms with Gasteiger partial charge in [0.25, 0.3) is 0 Å². The second kappa shape index (κ2) is 3.11. The van der Waals surface area contributed by atoms with Crippen molar-refractivity contribution in [3.8, 4) is 5.75 Å². The van der Waals surface area contributed by atoms with Gasteiger partial charge in [0.05, 0.1) is 6.20 Å². The molecule has 0 bridgehead atoms. The monoisotopic (exact) mass is 164 g/mol. The molecular weight excluding hydrogens is 152 g/mol. The fourth-order valence-electron chi connectivity index (χ4n) is 1.35. The van der Waals surface area contributed by atoms with Crippen molar-refractivity contribution in [1.82, 2.24) is 10.0 Å². The van der Waals surface area contributed by atoms with Crippen LogP contribution >= 0.6 is 0 Å². The summed E-state index contributed by atoms with van der Waals surface area (Å²) in [4.78, 5) is 9.57. The van der Waals surface area contributed by atoms with E-state index in [1.807, 2.05) is 17.3 Å². The topological polar surface area (TPSA) is 25.4 Å². The molecule has 3 heteroatoms. The lowest BCUT2D eigenvalue weighted by atomic mass is 10.1. The largest absolute Gasteiger partial charge is 0.404 e. The van der Waals surface area contributed by atoms with Crippen LogP contribution in [0.25, 0.3) is 0 Å². The van der Waals surface area contributed by atoms with E-state index in [9.17, 15) is 0 Å². The van der Waals surface area contributed by atoms with Crippen LogP contribution in [0, 0.1) is 0 Å². The Morgan fingerprint density at radius 2 is 2.58 bits per heavy atom. The highest BCUT2D eigenvalue weighted by Crippen LogP contribution is 2.22. The molecule has 0 atom stereocenters. The molecule has 3 nitrogen and oxygen atoms in total. The van der Waals surface area contributed by atoms with E-state index in [1.165, 1.54) is 5.56 Å². The number of nitrogens with zero attached hydrogens (tertiary/aromatic N) is 2. The molecule has 1 aliphatic rings. The number of hydroxylamine groups is 2. The summed E-state index contributed by atoms with van der Waals surface area (Å²) in [6, 6.07) is 2.02. The van der Waals surface area contributed by atoms with E-state index in [1.54, 1.807) is 6.20 Å². The van der Waals surface area contributed by atoms with Gasteiger partial charge in [0.2, 0.25) is 0 Å². The smallest absolute Gasteiger partial charge is 0.168 e. The van der Waals surface area contributed by atoms with Crippen LogP contribution in [0.5, 0.6) is 5.75 Å². The first-order valence-electron chi connectivity index (χ1n) is 4.26. The van der Waals surface area contributed by atoms with Gasteiger partial charge in [-0.1, -0.05) is 0 Å². The maximum atomic E-state index is 5.55. The van der Waals surface area contributed by atoms with Gasteiger partial charge < -0.3 is 4.84 Å². The third-order valence-electron chi connectivity index (χ3n) is 2.08. The number of aromatic nitrogens is 1. The molecular formula is C9H12N2O. The molecule has 0 amide bonds. The van der Waals surface area contributed by atoms with E-state index in [4.69, 9.17) is 4.84 Å². The van der Waals surface area contributed by atoms with Crippen molar-refractivity contribution in [2.24, 2.45) is 0 Å². The zero-order valence-electron chi connectivity index (χ0n) is 7.16. The van der Waals surface area contributed by atoms with Gasteiger partial charge in [0.15, 0.2) is 5.75 Å². The van der Waals surface area contributed by atoms with E-state index in [-0.39, 0.29) is 0 Å². The first kappa shape index (κ1) is 7.55. The van der Waals surface area contributed by atoms with Crippen molar-refractivity contribution in [2.75, 3.05) is 13.1 Å². The Balaban J connectivity index is 2.23. The van der Waals surface area contributed by atoms with Gasteiger partial charge in [0, 0.05) is 24.8 Å². The Hall–Kier alpha value is -1.09. The molecule has 0 unspecified atom stereocenters. The number of likely N-dealkylation sites (N-methyl/N-ethyl adjacent to an activating group) is 1. The molecule has 0 radical (unpaired) electrons. The van der Waals surface area contributed by atoms with Gasteiger partial charge in [-0.15, -0.1) is 5.06 Å². The third-order valence-corrected chi connectivity index (χ3v) is 2.08. The summed E-state index contributed by atoms with van der Waals surface area (Å²) in [7, 11) is 0. The lowest BCUT2D eigenvalue weighted by molar-refractivity contribution is -0.0641. The summed E-state index contributed by atoms with van der Waals surface area (Å²) in [6.07, 6.45) is 4.65. The van der Waals surface area contributed by atoms with Crippen LogP contribution in [0.15, 0.2) is 18.5 Å². The Morgan fingerprint density at radius 1 is 1.67 bits per heavy atom. The molecule has 12 heavy (non-hydrogen) atoms. The summed E-state index contributed by atoms with van der Waals surface area (Å²) in [5.74, 6) is 0.908. The average Bonchev–Trinajstić information content (AvgIpc) is 2.17. The average molecular weight is 164 g/mol. The zero-order valence-corrected chi connectivity index (χ0v) is 7.16. The van der Waals surface area contributed by atoms with Crippen molar-refractivity contribution in [3.05, 3.63) is 24.0 Å². The minimum atomic E-state index is 0.908. The van der Waals surface area contributed by atoms with Gasteiger partial charge in [-0.05, 0) is 19.4 Å². The summed E-state index contributed by atoms with van der Waals surface area (Å²) in [5.41, 5.74) is 1.26. The number of pyridine rings is 1. The van der Waals surface area contributed by atoms with Crippen molar-refractivity contribution in [3.63, 3.8) is 0 Å². The molecule has 64 valence electrons. The quantitative estimate of drug-likeness (QED) is 0.624. The first-order valence-corrected chi connectivity index (χ1v) is 4.26. The number of rotatable bonds is 1. The third kappa shape index (κ3) is 1.28. The van der Waals surface area contributed by atoms with E-state index in [2.05, 4.69) is 11.9 Å². The van der Waals surface area contributed by atoms with Gasteiger partial charge in [-0.25, -0.2) is 0 Å². The van der Waals surface area contributed by atoms with Crippen molar-refractivity contribution >= 4 is 0 Å². The van der Waals surface area contributed by atoms with E-state index in [0.717, 1.165) is 25.3 Å². The Morgan fingerprint density at radius 3 is 3.42 bits per heavy atom. The van der Waals surface area contributed by atoms with E-state index in [0.29, 0.717) is 0 Å². The molecule has 1 aromatic heterocycles. The molecule has 0 aromatic carbocycles. The molecule has 0 aliphatic carbocycles. The number of hydrogen-bond acceptors (Lipinski definition) is 3. The minimum Gasteiger partial charge on any atom is -0.404 e. The molecule has 0 saturated heterocycles. The zero-order chi connectivity index (χ0) is 8.39. The van der Waals surface area contributed by atoms with Gasteiger partial charge in [-0.3, -0.25) is 4.98 Å². The van der Waals surface area contributed by atoms with Crippen LogP contribution in [0.1, 0.15) is 12.5 Å². The number of fused-ring (bicyclic) bond motifs is 1. The highest BCUT2D eigenvalue weighted by Gasteiger charge is 2.15. The Labute approximate surface area is 71.9 Å². The lowest BCUT2D eigenvalue weighted by Crippen LogP contribution is -2.33. The summed E-state index contributed by atoms with van der Waals surface area (Å²) >= 11 is 0. The molecule has 0 N–H and O–H groups in total. The van der Waals surface area contributed by atoms with Crippen molar-refractivity contribution in [2.45, 2.75) is 13.3 Å². The van der Waals surface area contributed by atoms with Crippen LogP contribution in [0.3, 0.4) is 0 Å². The molecule has 0 spiro atoms. The Kier molecular flexibility index (Phi) is 1.96. The van der Waals surface area contributed by atoms with Crippen molar-refractivity contribution < 1.29 is 4.84 Å². The molecule has 2 rings (SSSR count). The van der Waals surface area contributed by atoms with Gasteiger partial charge in [0.1, 0.15) is 0 Å². The minimum absolute atomic E-state index is 0.908. The molecule has 1 aromatic rings. The number of hydrogen-bond donors (Lipinski definition) is 0. The highest BCUT2D eigenvalue weighted by atomic mass is 16.7. The van der Waals surface area contributed by atoms with Crippen LogP contribution < -0.4 is 4.84 Å². The van der Waals surface area contributed by atoms with Crippen molar-refractivity contribution in [1.29, 1.82) is 0 Å². The fraction of sp³-hybridized carbons (Fsp3) is 0.444. The lowest BCUT2D eigenvalue weighted by Gasteiger charge is -2.26. The van der Waals surface area contributed by atoms with Crippen LogP contribution in [0.2, 0.25) is 0 Å².